The minimum atomic E-state index is 0.362. The Kier molecular flexibility index (Phi) is 3.10. The number of benzene rings is 4. The van der Waals surface area contributed by atoms with Crippen molar-refractivity contribution in [2.24, 2.45) is 5.92 Å². The molecule has 3 atom stereocenters. The average molecular weight is 370 g/mol. The fourth-order valence-electron chi connectivity index (χ4n) is 6.36. The van der Waals surface area contributed by atoms with Crippen molar-refractivity contribution < 1.29 is 0 Å². The van der Waals surface area contributed by atoms with Crippen LogP contribution in [0.4, 0.5) is 0 Å². The predicted molar refractivity (Wildman–Crippen MR) is 118 cm³/mol. The quantitative estimate of drug-likeness (QED) is 0.308. The molecule has 4 aromatic rings. The Balaban J connectivity index is 1.45. The van der Waals surface area contributed by atoms with Gasteiger partial charge in [0.15, 0.2) is 0 Å². The summed E-state index contributed by atoms with van der Waals surface area (Å²) in [6.45, 7) is 0. The van der Waals surface area contributed by atoms with Crippen LogP contribution in [0.2, 0.25) is 0 Å². The van der Waals surface area contributed by atoms with Crippen LogP contribution >= 0.6 is 0 Å². The molecule has 138 valence electrons. The van der Waals surface area contributed by atoms with Gasteiger partial charge < -0.3 is 0 Å². The van der Waals surface area contributed by atoms with E-state index < -0.39 is 0 Å². The van der Waals surface area contributed by atoms with Gasteiger partial charge in [-0.25, -0.2) is 0 Å². The van der Waals surface area contributed by atoms with E-state index in [1.54, 1.807) is 22.3 Å². The van der Waals surface area contributed by atoms with Gasteiger partial charge in [-0.2, -0.15) is 0 Å². The van der Waals surface area contributed by atoms with Crippen molar-refractivity contribution in [1.29, 1.82) is 0 Å². The summed E-state index contributed by atoms with van der Waals surface area (Å²) in [5.74, 6) is 1.70. The van der Waals surface area contributed by atoms with Crippen molar-refractivity contribution in [2.45, 2.75) is 24.7 Å². The molecule has 3 aliphatic carbocycles. The summed E-state index contributed by atoms with van der Waals surface area (Å²) < 4.78 is 0. The molecule has 0 N–H and O–H groups in total. The van der Waals surface area contributed by atoms with Crippen LogP contribution in [-0.2, 0) is 12.8 Å². The van der Waals surface area contributed by atoms with Gasteiger partial charge in [-0.3, -0.25) is 0 Å². The van der Waals surface area contributed by atoms with Gasteiger partial charge >= 0.3 is 0 Å². The molecule has 0 bridgehead atoms. The molecular formula is C29H22. The molecular weight excluding hydrogens is 348 g/mol. The molecule has 3 aliphatic rings. The predicted octanol–water partition coefficient (Wildman–Crippen LogP) is 6.71. The van der Waals surface area contributed by atoms with Crippen LogP contribution in [-0.4, -0.2) is 0 Å². The number of rotatable bonds is 1. The Morgan fingerprint density at radius 1 is 0.517 bits per heavy atom. The number of fused-ring (bicyclic) bond motifs is 8. The zero-order valence-corrected chi connectivity index (χ0v) is 16.3. The standard InChI is InChI=1S/C29H22/c1-2-8-18(9-3-1)28-24-13-7-6-12-23(24)26-17-25-20(16-27(26)28)15-21-14-19-10-4-5-11-22(19)29(21)25/h1-13,16-17,21,28-29H,14-15H2. The van der Waals surface area contributed by atoms with Gasteiger partial charge in [0, 0.05) is 11.8 Å². The summed E-state index contributed by atoms with van der Waals surface area (Å²) in [5, 5.41) is 0. The first-order valence-electron chi connectivity index (χ1n) is 10.8. The second-order valence-corrected chi connectivity index (χ2v) is 8.91. The van der Waals surface area contributed by atoms with Crippen LogP contribution in [0, 0.1) is 5.92 Å². The lowest BCUT2D eigenvalue weighted by molar-refractivity contribution is 0.546. The molecule has 0 radical (unpaired) electrons. The van der Waals surface area contributed by atoms with E-state index in [0.717, 1.165) is 5.92 Å². The summed E-state index contributed by atoms with van der Waals surface area (Å²) in [5.41, 5.74) is 13.6. The largest absolute Gasteiger partial charge is 0.0622 e. The molecule has 0 heteroatoms. The molecule has 0 heterocycles. The fraction of sp³-hybridized carbons (Fsp3) is 0.172. The van der Waals surface area contributed by atoms with E-state index in [4.69, 9.17) is 0 Å². The maximum atomic E-state index is 2.56. The van der Waals surface area contributed by atoms with Gasteiger partial charge in [-0.1, -0.05) is 84.9 Å². The number of hydrogen-bond acceptors (Lipinski definition) is 0. The fourth-order valence-corrected chi connectivity index (χ4v) is 6.36. The van der Waals surface area contributed by atoms with E-state index in [1.165, 1.54) is 40.7 Å². The first kappa shape index (κ1) is 15.8. The number of hydrogen-bond donors (Lipinski definition) is 0. The van der Waals surface area contributed by atoms with Gasteiger partial charge in [0.05, 0.1) is 0 Å². The highest BCUT2D eigenvalue weighted by molar-refractivity contribution is 5.82. The van der Waals surface area contributed by atoms with Crippen LogP contribution in [0.3, 0.4) is 0 Å². The van der Waals surface area contributed by atoms with E-state index in [9.17, 15) is 0 Å². The Morgan fingerprint density at radius 2 is 1.24 bits per heavy atom. The van der Waals surface area contributed by atoms with Crippen LogP contribution in [0.25, 0.3) is 11.1 Å². The molecule has 29 heavy (non-hydrogen) atoms. The van der Waals surface area contributed by atoms with E-state index in [0.29, 0.717) is 11.8 Å². The Hall–Kier alpha value is -3.12. The molecule has 0 spiro atoms. The average Bonchev–Trinajstić information content (AvgIpc) is 3.40. The maximum Gasteiger partial charge on any atom is 0.0352 e. The van der Waals surface area contributed by atoms with E-state index in [2.05, 4.69) is 91.0 Å². The molecule has 0 amide bonds. The first-order chi connectivity index (χ1) is 14.4. The highest BCUT2D eigenvalue weighted by atomic mass is 14.4. The van der Waals surface area contributed by atoms with Crippen molar-refractivity contribution in [3.8, 4) is 11.1 Å². The van der Waals surface area contributed by atoms with E-state index in [-0.39, 0.29) is 0 Å². The Labute approximate surface area is 171 Å². The topological polar surface area (TPSA) is 0 Å². The monoisotopic (exact) mass is 370 g/mol. The lowest BCUT2D eigenvalue weighted by Crippen LogP contribution is -2.02. The molecule has 0 aliphatic heterocycles. The van der Waals surface area contributed by atoms with E-state index in [1.807, 2.05) is 0 Å². The second kappa shape index (κ2) is 5.70. The molecule has 3 unspecified atom stereocenters. The molecule has 0 saturated carbocycles. The minimum absolute atomic E-state index is 0.362. The first-order valence-corrected chi connectivity index (χ1v) is 10.8. The summed E-state index contributed by atoms with van der Waals surface area (Å²) in [6, 6.07) is 34.3. The summed E-state index contributed by atoms with van der Waals surface area (Å²) >= 11 is 0. The lowest BCUT2D eigenvalue weighted by Gasteiger charge is -2.16. The molecule has 0 aromatic heterocycles. The van der Waals surface area contributed by atoms with Gasteiger partial charge in [0.1, 0.15) is 0 Å². The van der Waals surface area contributed by atoms with Gasteiger partial charge in [0.2, 0.25) is 0 Å². The van der Waals surface area contributed by atoms with E-state index >= 15 is 0 Å². The van der Waals surface area contributed by atoms with Gasteiger partial charge in [-0.15, -0.1) is 0 Å². The van der Waals surface area contributed by atoms with Crippen molar-refractivity contribution in [3.63, 3.8) is 0 Å². The molecule has 4 aromatic carbocycles. The highest BCUT2D eigenvalue weighted by Gasteiger charge is 2.41. The van der Waals surface area contributed by atoms with Crippen LogP contribution < -0.4 is 0 Å². The van der Waals surface area contributed by atoms with Gasteiger partial charge in [-0.05, 0) is 74.9 Å². The summed E-state index contributed by atoms with van der Waals surface area (Å²) in [6.07, 6.45) is 2.46. The third-order valence-electron chi connectivity index (χ3n) is 7.48. The molecule has 0 fully saturated rings. The summed E-state index contributed by atoms with van der Waals surface area (Å²) in [4.78, 5) is 0. The Bertz CT molecular complexity index is 1260. The second-order valence-electron chi connectivity index (χ2n) is 8.91. The SMILES string of the molecule is c1ccc(C2c3ccccc3-c3cc4c(cc32)CC2Cc3ccccc3C42)cc1. The zero-order valence-electron chi connectivity index (χ0n) is 16.3. The van der Waals surface area contributed by atoms with Crippen LogP contribution in [0.5, 0.6) is 0 Å². The third kappa shape index (κ3) is 2.09. The van der Waals surface area contributed by atoms with Crippen molar-refractivity contribution in [2.75, 3.05) is 0 Å². The zero-order chi connectivity index (χ0) is 18.9. The third-order valence-corrected chi connectivity index (χ3v) is 7.48. The van der Waals surface area contributed by atoms with Gasteiger partial charge in [0.25, 0.3) is 0 Å². The smallest absolute Gasteiger partial charge is 0.0352 e. The molecule has 7 rings (SSSR count). The normalized spacial score (nSPS) is 22.6. The highest BCUT2D eigenvalue weighted by Crippen LogP contribution is 2.55. The molecule has 0 nitrogen and oxygen atoms in total. The van der Waals surface area contributed by atoms with Crippen molar-refractivity contribution >= 4 is 0 Å². The Morgan fingerprint density at radius 3 is 2.14 bits per heavy atom. The van der Waals surface area contributed by atoms with Crippen molar-refractivity contribution in [3.05, 3.63) is 130 Å². The summed E-state index contributed by atoms with van der Waals surface area (Å²) in [7, 11) is 0. The van der Waals surface area contributed by atoms with Crippen LogP contribution in [0.1, 0.15) is 50.8 Å². The minimum Gasteiger partial charge on any atom is -0.0622 e. The maximum absolute atomic E-state index is 2.56. The van der Waals surface area contributed by atoms with Crippen molar-refractivity contribution in [1.82, 2.24) is 0 Å². The van der Waals surface area contributed by atoms with Crippen LogP contribution in [0.15, 0.2) is 91.0 Å². The molecule has 0 saturated heterocycles. The lowest BCUT2D eigenvalue weighted by atomic mass is 9.87.